The van der Waals surface area contributed by atoms with E-state index in [0.717, 1.165) is 10.8 Å². The summed E-state index contributed by atoms with van der Waals surface area (Å²) in [6.07, 6.45) is 0. The number of hydrogen-bond acceptors (Lipinski definition) is 6. The Morgan fingerprint density at radius 2 is 1.52 bits per heavy atom. The Kier molecular flexibility index (Phi) is 5.04. The maximum Gasteiger partial charge on any atom is 0.322 e. The van der Waals surface area contributed by atoms with Gasteiger partial charge in [0.1, 0.15) is 12.3 Å². The average Bonchev–Trinajstić information content (AvgIpc) is 2.76. The molecule has 1 aromatic heterocycles. The number of aromatic nitrogens is 1. The molecular formula is C22H16N2O6S. The molecule has 0 bridgehead atoms. The molecule has 8 nitrogen and oxygen atoms in total. The van der Waals surface area contributed by atoms with Crippen molar-refractivity contribution in [1.82, 2.24) is 10.3 Å². The van der Waals surface area contributed by atoms with Crippen molar-refractivity contribution in [2.75, 3.05) is 6.54 Å². The minimum Gasteiger partial charge on any atom is -0.505 e. The van der Waals surface area contributed by atoms with E-state index in [1.807, 2.05) is 24.3 Å². The number of carbonyl (C=O) groups is 2. The zero-order chi connectivity index (χ0) is 22.2. The number of rotatable bonds is 5. The molecule has 0 spiro atoms. The number of benzene rings is 3. The van der Waals surface area contributed by atoms with E-state index in [1.54, 1.807) is 12.1 Å². The number of pyridine rings is 1. The zero-order valence-corrected chi connectivity index (χ0v) is 16.8. The molecule has 1 amide bonds. The van der Waals surface area contributed by atoms with E-state index >= 15 is 0 Å². The first-order valence-corrected chi connectivity index (χ1v) is 10.6. The van der Waals surface area contributed by atoms with Crippen LogP contribution >= 0.6 is 0 Å². The number of aliphatic carboxylic acids is 1. The second-order valence-electron chi connectivity index (χ2n) is 6.80. The van der Waals surface area contributed by atoms with Gasteiger partial charge in [-0.1, -0.05) is 30.3 Å². The quantitative estimate of drug-likeness (QED) is 0.438. The number of carboxylic acids is 1. The Labute approximate surface area is 176 Å². The Morgan fingerprint density at radius 3 is 2.23 bits per heavy atom. The van der Waals surface area contributed by atoms with Crippen LogP contribution in [0.25, 0.3) is 21.7 Å². The molecule has 0 saturated carbocycles. The fraction of sp³-hybridized carbons (Fsp3) is 0.0455. The van der Waals surface area contributed by atoms with Crippen LogP contribution in [0.2, 0.25) is 0 Å². The van der Waals surface area contributed by atoms with Crippen LogP contribution in [0, 0.1) is 0 Å². The highest BCUT2D eigenvalue weighted by Crippen LogP contribution is 2.29. The smallest absolute Gasteiger partial charge is 0.322 e. The molecule has 0 aliphatic carbocycles. The summed E-state index contributed by atoms with van der Waals surface area (Å²) in [5.41, 5.74) is -0.0744. The molecule has 4 rings (SSSR count). The van der Waals surface area contributed by atoms with Crippen LogP contribution in [0.1, 0.15) is 10.5 Å². The Hall–Kier alpha value is -3.98. The predicted molar refractivity (Wildman–Crippen MR) is 113 cm³/mol. The van der Waals surface area contributed by atoms with Crippen LogP contribution in [0.5, 0.6) is 5.75 Å². The van der Waals surface area contributed by atoms with Crippen molar-refractivity contribution in [3.8, 4) is 5.75 Å². The third-order valence-electron chi connectivity index (χ3n) is 4.72. The molecule has 0 aliphatic heterocycles. The molecule has 31 heavy (non-hydrogen) atoms. The largest absolute Gasteiger partial charge is 0.505 e. The number of aromatic hydroxyl groups is 1. The summed E-state index contributed by atoms with van der Waals surface area (Å²) in [7, 11) is -3.83. The van der Waals surface area contributed by atoms with Crippen molar-refractivity contribution in [2.45, 2.75) is 9.79 Å². The molecule has 0 radical (unpaired) electrons. The van der Waals surface area contributed by atoms with Gasteiger partial charge in [0.2, 0.25) is 9.84 Å². The number of sulfone groups is 1. The molecule has 0 unspecified atom stereocenters. The van der Waals surface area contributed by atoms with Gasteiger partial charge in [-0.2, -0.15) is 0 Å². The summed E-state index contributed by atoms with van der Waals surface area (Å²) >= 11 is 0. The van der Waals surface area contributed by atoms with Gasteiger partial charge in [-0.25, -0.2) is 13.4 Å². The summed E-state index contributed by atoms with van der Waals surface area (Å²) in [6, 6.07) is 17.7. The SMILES string of the molecule is O=C(O)CNC(=O)c1nc2ccc(S(=O)(=O)c3ccc4ccccc4c3)cc2cc1O. The first kappa shape index (κ1) is 20.3. The number of nitrogens with one attached hydrogen (secondary N) is 1. The lowest BCUT2D eigenvalue weighted by molar-refractivity contribution is -0.135. The number of hydrogen-bond donors (Lipinski definition) is 3. The van der Waals surface area contributed by atoms with Gasteiger partial charge in [-0.3, -0.25) is 9.59 Å². The fourth-order valence-corrected chi connectivity index (χ4v) is 4.52. The van der Waals surface area contributed by atoms with Crippen molar-refractivity contribution in [3.05, 3.63) is 72.4 Å². The van der Waals surface area contributed by atoms with Gasteiger partial charge >= 0.3 is 5.97 Å². The number of amides is 1. The third kappa shape index (κ3) is 3.90. The van der Waals surface area contributed by atoms with Gasteiger partial charge in [0.05, 0.1) is 15.3 Å². The Morgan fingerprint density at radius 1 is 0.871 bits per heavy atom. The van der Waals surface area contributed by atoms with E-state index in [0.29, 0.717) is 5.39 Å². The van der Waals surface area contributed by atoms with Gasteiger partial charge < -0.3 is 15.5 Å². The molecule has 0 fully saturated rings. The summed E-state index contributed by atoms with van der Waals surface area (Å²) in [4.78, 5) is 26.8. The molecule has 9 heteroatoms. The molecule has 3 N–H and O–H groups in total. The number of fused-ring (bicyclic) bond motifs is 2. The first-order chi connectivity index (χ1) is 14.8. The normalized spacial score (nSPS) is 11.5. The van der Waals surface area contributed by atoms with Crippen LogP contribution in [0.3, 0.4) is 0 Å². The Balaban J connectivity index is 1.73. The molecule has 4 aromatic rings. The highest BCUT2D eigenvalue weighted by Gasteiger charge is 2.20. The topological polar surface area (TPSA) is 134 Å². The molecule has 0 atom stereocenters. The third-order valence-corrected chi connectivity index (χ3v) is 6.47. The van der Waals surface area contributed by atoms with Gasteiger partial charge in [0.25, 0.3) is 5.91 Å². The molecule has 3 aromatic carbocycles. The lowest BCUT2D eigenvalue weighted by Crippen LogP contribution is -2.29. The van der Waals surface area contributed by atoms with Crippen LogP contribution in [0.15, 0.2) is 76.5 Å². The van der Waals surface area contributed by atoms with E-state index in [9.17, 15) is 23.1 Å². The maximum atomic E-state index is 13.1. The highest BCUT2D eigenvalue weighted by molar-refractivity contribution is 7.91. The summed E-state index contributed by atoms with van der Waals surface area (Å²) < 4.78 is 26.3. The monoisotopic (exact) mass is 436 g/mol. The average molecular weight is 436 g/mol. The lowest BCUT2D eigenvalue weighted by Gasteiger charge is -2.09. The Bertz CT molecular complexity index is 1460. The minimum atomic E-state index is -3.83. The first-order valence-electron chi connectivity index (χ1n) is 9.13. The lowest BCUT2D eigenvalue weighted by atomic mass is 10.1. The highest BCUT2D eigenvalue weighted by atomic mass is 32.2. The van der Waals surface area contributed by atoms with Crippen molar-refractivity contribution < 1.29 is 28.2 Å². The molecule has 0 saturated heterocycles. The second-order valence-corrected chi connectivity index (χ2v) is 8.75. The fourth-order valence-electron chi connectivity index (χ4n) is 3.19. The molecular weight excluding hydrogens is 420 g/mol. The van der Waals surface area contributed by atoms with Crippen molar-refractivity contribution in [1.29, 1.82) is 0 Å². The molecule has 1 heterocycles. The minimum absolute atomic E-state index is 0.0135. The van der Waals surface area contributed by atoms with Crippen molar-refractivity contribution in [3.63, 3.8) is 0 Å². The van der Waals surface area contributed by atoms with E-state index < -0.39 is 34.0 Å². The van der Waals surface area contributed by atoms with Crippen LogP contribution in [-0.4, -0.2) is 42.0 Å². The summed E-state index contributed by atoms with van der Waals surface area (Å²) in [6.45, 7) is -0.624. The summed E-state index contributed by atoms with van der Waals surface area (Å²) in [5, 5.41) is 23.0. The van der Waals surface area contributed by atoms with E-state index in [-0.39, 0.29) is 21.0 Å². The maximum absolute atomic E-state index is 13.1. The van der Waals surface area contributed by atoms with E-state index in [4.69, 9.17) is 5.11 Å². The van der Waals surface area contributed by atoms with E-state index in [1.165, 1.54) is 30.3 Å². The second kappa shape index (κ2) is 7.69. The number of carbonyl (C=O) groups excluding carboxylic acids is 1. The van der Waals surface area contributed by atoms with E-state index in [2.05, 4.69) is 10.3 Å². The standard InChI is InChI=1S/C22H16N2O6S/c25-19-11-15-10-17(7-8-18(15)24-21(19)22(28)23-12-20(26)27)31(29,30)16-6-5-13-3-1-2-4-14(13)9-16/h1-11,25H,12H2,(H,23,28)(H,26,27). The number of nitrogens with zero attached hydrogens (tertiary/aromatic N) is 1. The zero-order valence-electron chi connectivity index (χ0n) is 15.9. The van der Waals surface area contributed by atoms with Crippen molar-refractivity contribution >= 4 is 43.4 Å². The van der Waals surface area contributed by atoms with Gasteiger partial charge in [0, 0.05) is 5.39 Å². The van der Waals surface area contributed by atoms with Gasteiger partial charge in [-0.05, 0) is 47.2 Å². The van der Waals surface area contributed by atoms with Crippen LogP contribution in [-0.2, 0) is 14.6 Å². The van der Waals surface area contributed by atoms with Gasteiger partial charge in [-0.15, -0.1) is 0 Å². The van der Waals surface area contributed by atoms with Crippen LogP contribution in [0.4, 0.5) is 0 Å². The van der Waals surface area contributed by atoms with Crippen molar-refractivity contribution in [2.24, 2.45) is 0 Å². The number of carboxylic acid groups (broad SMARTS) is 1. The molecule has 0 aliphatic rings. The molecule has 156 valence electrons. The summed E-state index contributed by atoms with van der Waals surface area (Å²) in [5.74, 6) is -2.58. The van der Waals surface area contributed by atoms with Crippen LogP contribution < -0.4 is 5.32 Å². The predicted octanol–water partition coefficient (Wildman–Crippen LogP) is 2.74. The van der Waals surface area contributed by atoms with Gasteiger partial charge in [0.15, 0.2) is 5.69 Å².